The molecule has 20 heavy (non-hydrogen) atoms. The molecule has 0 bridgehead atoms. The molecule has 3 nitrogen and oxygen atoms in total. The first kappa shape index (κ1) is 15.5. The van der Waals surface area contributed by atoms with E-state index in [1.54, 1.807) is 0 Å². The highest BCUT2D eigenvalue weighted by molar-refractivity contribution is 9.10. The summed E-state index contributed by atoms with van der Waals surface area (Å²) in [4.78, 5) is 14.2. The fraction of sp³-hybridized carbons (Fsp3) is 0.562. The lowest BCUT2D eigenvalue weighted by atomic mass is 10.1. The van der Waals surface area contributed by atoms with Gasteiger partial charge in [-0.05, 0) is 43.5 Å². The molecular weight excluding hydrogens is 316 g/mol. The van der Waals surface area contributed by atoms with Gasteiger partial charge in [0.1, 0.15) is 0 Å². The van der Waals surface area contributed by atoms with Crippen LogP contribution in [-0.2, 0) is 4.79 Å². The van der Waals surface area contributed by atoms with Crippen molar-refractivity contribution in [3.63, 3.8) is 0 Å². The number of benzene rings is 1. The highest BCUT2D eigenvalue weighted by atomic mass is 79.9. The Balaban J connectivity index is 2.26. The summed E-state index contributed by atoms with van der Waals surface area (Å²) >= 11 is 3.59. The normalized spacial score (nSPS) is 19.2. The summed E-state index contributed by atoms with van der Waals surface area (Å²) in [6.07, 6.45) is 1.59. The predicted octanol–water partition coefficient (Wildman–Crippen LogP) is 3.56. The Morgan fingerprint density at radius 2 is 1.95 bits per heavy atom. The number of hydrogen-bond donors (Lipinski definition) is 1. The summed E-state index contributed by atoms with van der Waals surface area (Å²) in [5.41, 5.74) is 3.38. The van der Waals surface area contributed by atoms with Gasteiger partial charge in [0.15, 0.2) is 0 Å². The minimum atomic E-state index is 0.238. The molecule has 0 spiro atoms. The Bertz CT molecular complexity index is 490. The van der Waals surface area contributed by atoms with Crippen LogP contribution in [0.2, 0.25) is 0 Å². The van der Waals surface area contributed by atoms with Crippen LogP contribution in [0, 0.1) is 13.8 Å². The van der Waals surface area contributed by atoms with Gasteiger partial charge in [0.05, 0.1) is 0 Å². The van der Waals surface area contributed by atoms with Gasteiger partial charge in [0.2, 0.25) is 5.91 Å². The van der Waals surface area contributed by atoms with Crippen LogP contribution in [0.25, 0.3) is 0 Å². The lowest BCUT2D eigenvalue weighted by Crippen LogP contribution is -2.42. The van der Waals surface area contributed by atoms with E-state index in [-0.39, 0.29) is 11.9 Å². The molecule has 1 fully saturated rings. The highest BCUT2D eigenvalue weighted by Crippen LogP contribution is 2.32. The second-order valence-electron chi connectivity index (χ2n) is 5.91. The Labute approximate surface area is 129 Å². The van der Waals surface area contributed by atoms with Gasteiger partial charge in [-0.15, -0.1) is 0 Å². The van der Waals surface area contributed by atoms with Gasteiger partial charge in [-0.1, -0.05) is 29.8 Å². The third kappa shape index (κ3) is 3.23. The topological polar surface area (TPSA) is 32.3 Å². The van der Waals surface area contributed by atoms with Crippen LogP contribution in [0.3, 0.4) is 0 Å². The van der Waals surface area contributed by atoms with Crippen LogP contribution in [0.5, 0.6) is 0 Å². The number of anilines is 1. The van der Waals surface area contributed by atoms with Crippen LogP contribution >= 0.6 is 15.9 Å². The van der Waals surface area contributed by atoms with Crippen molar-refractivity contribution < 1.29 is 4.79 Å². The SMILES string of the molecule is Cc1cc(N2C(=O)CCC2CNC(C)C)cc(C)c1Br. The molecule has 1 unspecified atom stereocenters. The summed E-state index contributed by atoms with van der Waals surface area (Å²) in [6.45, 7) is 9.27. The van der Waals surface area contributed by atoms with Crippen molar-refractivity contribution in [2.45, 2.75) is 52.6 Å². The standard InChI is InChI=1S/C16H23BrN2O/c1-10(2)18-9-13-5-6-15(20)19(13)14-7-11(3)16(17)12(4)8-14/h7-8,10,13,18H,5-6,9H2,1-4H3. The molecule has 0 aliphatic carbocycles. The maximum absolute atomic E-state index is 12.2. The van der Waals surface area contributed by atoms with Crippen LogP contribution in [0.15, 0.2) is 16.6 Å². The quantitative estimate of drug-likeness (QED) is 0.910. The average molecular weight is 339 g/mol. The van der Waals surface area contributed by atoms with Crippen molar-refractivity contribution >= 4 is 27.5 Å². The van der Waals surface area contributed by atoms with E-state index in [1.807, 2.05) is 4.90 Å². The van der Waals surface area contributed by atoms with Crippen LogP contribution < -0.4 is 10.2 Å². The van der Waals surface area contributed by atoms with Crippen molar-refractivity contribution in [2.75, 3.05) is 11.4 Å². The predicted molar refractivity (Wildman–Crippen MR) is 87.3 cm³/mol. The van der Waals surface area contributed by atoms with Crippen molar-refractivity contribution in [2.24, 2.45) is 0 Å². The van der Waals surface area contributed by atoms with Gasteiger partial charge in [0, 0.05) is 35.2 Å². The van der Waals surface area contributed by atoms with Gasteiger partial charge in [-0.3, -0.25) is 4.79 Å². The number of halogens is 1. The number of carbonyl (C=O) groups excluding carboxylic acids is 1. The molecule has 1 amide bonds. The second kappa shape index (κ2) is 6.27. The summed E-state index contributed by atoms with van der Waals surface area (Å²) in [5.74, 6) is 0.238. The van der Waals surface area contributed by atoms with Gasteiger partial charge >= 0.3 is 0 Å². The third-order valence-electron chi connectivity index (χ3n) is 3.79. The number of rotatable bonds is 4. The van der Waals surface area contributed by atoms with E-state index < -0.39 is 0 Å². The van der Waals surface area contributed by atoms with E-state index >= 15 is 0 Å². The highest BCUT2D eigenvalue weighted by Gasteiger charge is 2.32. The fourth-order valence-electron chi connectivity index (χ4n) is 2.73. The molecular formula is C16H23BrN2O. The van der Waals surface area contributed by atoms with Crippen LogP contribution in [0.4, 0.5) is 5.69 Å². The van der Waals surface area contributed by atoms with E-state index in [1.165, 1.54) is 11.1 Å². The van der Waals surface area contributed by atoms with E-state index in [0.717, 1.165) is 23.1 Å². The summed E-state index contributed by atoms with van der Waals surface area (Å²) in [7, 11) is 0. The largest absolute Gasteiger partial charge is 0.312 e. The lowest BCUT2D eigenvalue weighted by Gasteiger charge is -2.27. The van der Waals surface area contributed by atoms with Gasteiger partial charge < -0.3 is 10.2 Å². The van der Waals surface area contributed by atoms with Crippen LogP contribution in [-0.4, -0.2) is 24.5 Å². The van der Waals surface area contributed by atoms with Crippen molar-refractivity contribution in [1.29, 1.82) is 0 Å². The Hall–Kier alpha value is -0.870. The molecule has 0 aromatic heterocycles. The number of hydrogen-bond acceptors (Lipinski definition) is 2. The van der Waals surface area contributed by atoms with Crippen LogP contribution in [0.1, 0.15) is 37.8 Å². The second-order valence-corrected chi connectivity index (χ2v) is 6.71. The van der Waals surface area contributed by atoms with Crippen molar-refractivity contribution in [3.05, 3.63) is 27.7 Å². The zero-order valence-corrected chi connectivity index (χ0v) is 14.3. The Kier molecular flexibility index (Phi) is 4.86. The molecule has 1 aliphatic rings. The Morgan fingerprint density at radius 1 is 1.35 bits per heavy atom. The number of aryl methyl sites for hydroxylation is 2. The van der Waals surface area contributed by atoms with Crippen molar-refractivity contribution in [3.8, 4) is 0 Å². The smallest absolute Gasteiger partial charge is 0.227 e. The number of carbonyl (C=O) groups is 1. The van der Waals surface area contributed by atoms with Crippen molar-refractivity contribution in [1.82, 2.24) is 5.32 Å². The van der Waals surface area contributed by atoms with Gasteiger partial charge in [0.25, 0.3) is 0 Å². The number of amides is 1. The summed E-state index contributed by atoms with van der Waals surface area (Å²) in [6, 6.07) is 4.91. The lowest BCUT2D eigenvalue weighted by molar-refractivity contribution is -0.117. The molecule has 110 valence electrons. The fourth-order valence-corrected chi connectivity index (χ4v) is 2.95. The monoisotopic (exact) mass is 338 g/mol. The minimum Gasteiger partial charge on any atom is -0.312 e. The van der Waals surface area contributed by atoms with Gasteiger partial charge in [-0.2, -0.15) is 0 Å². The minimum absolute atomic E-state index is 0.238. The zero-order chi connectivity index (χ0) is 14.9. The zero-order valence-electron chi connectivity index (χ0n) is 12.7. The molecule has 0 radical (unpaired) electrons. The third-order valence-corrected chi connectivity index (χ3v) is 5.04. The molecule has 4 heteroatoms. The maximum atomic E-state index is 12.2. The first-order valence-electron chi connectivity index (χ1n) is 7.22. The summed E-state index contributed by atoms with van der Waals surface area (Å²) < 4.78 is 1.13. The molecule has 2 rings (SSSR count). The number of nitrogens with zero attached hydrogens (tertiary/aromatic N) is 1. The first-order chi connectivity index (χ1) is 9.40. The molecule has 1 aromatic carbocycles. The van der Waals surface area contributed by atoms with E-state index in [9.17, 15) is 4.79 Å². The van der Waals surface area contributed by atoms with E-state index in [4.69, 9.17) is 0 Å². The molecule has 1 heterocycles. The molecule has 1 aromatic rings. The molecule has 1 aliphatic heterocycles. The van der Waals surface area contributed by atoms with E-state index in [0.29, 0.717) is 12.5 Å². The molecule has 0 saturated carbocycles. The van der Waals surface area contributed by atoms with E-state index in [2.05, 4.69) is 61.1 Å². The molecule has 1 N–H and O–H groups in total. The Morgan fingerprint density at radius 3 is 2.50 bits per heavy atom. The van der Waals surface area contributed by atoms with Gasteiger partial charge in [-0.25, -0.2) is 0 Å². The molecule has 1 atom stereocenters. The average Bonchev–Trinajstić information content (AvgIpc) is 2.74. The summed E-state index contributed by atoms with van der Waals surface area (Å²) in [5, 5.41) is 3.45. The molecule has 1 saturated heterocycles. The first-order valence-corrected chi connectivity index (χ1v) is 8.01. The maximum Gasteiger partial charge on any atom is 0.227 e. The number of nitrogens with one attached hydrogen (secondary N) is 1.